The molecule has 2 heterocycles. The van der Waals surface area contributed by atoms with E-state index in [0.29, 0.717) is 18.4 Å². The van der Waals surface area contributed by atoms with Crippen LogP contribution < -0.4 is 10.1 Å². The Morgan fingerprint density at radius 1 is 1.34 bits per heavy atom. The second-order valence-corrected chi connectivity index (χ2v) is 7.92. The van der Waals surface area contributed by atoms with E-state index in [9.17, 15) is 0 Å². The van der Waals surface area contributed by atoms with Gasteiger partial charge in [-0.3, -0.25) is 9.67 Å². The first kappa shape index (κ1) is 23.5. The van der Waals surface area contributed by atoms with Gasteiger partial charge in [0.2, 0.25) is 0 Å². The van der Waals surface area contributed by atoms with Crippen molar-refractivity contribution >= 4 is 29.9 Å². The van der Waals surface area contributed by atoms with Crippen molar-refractivity contribution in [3.8, 4) is 5.75 Å². The smallest absolute Gasteiger partial charge is 0.193 e. The molecule has 1 aromatic carbocycles. The van der Waals surface area contributed by atoms with Crippen molar-refractivity contribution in [2.75, 3.05) is 26.7 Å². The first-order valence-electron chi connectivity index (χ1n) is 10.2. The standard InChI is InChI=1S/C22H33N5O.HI/c1-17(2)10-12-28-21-8-6-5-7-18(21)13-24-22(23-3)27-11-9-19(16-27)20-14-25-26(4)15-20;/h5-8,14-15,17,19H,9-13,16H2,1-4H3,(H,23,24);1H. The molecule has 1 aliphatic heterocycles. The van der Waals surface area contributed by atoms with Gasteiger partial charge in [0.15, 0.2) is 5.96 Å². The maximum absolute atomic E-state index is 6.01. The molecule has 29 heavy (non-hydrogen) atoms. The van der Waals surface area contributed by atoms with E-state index in [0.717, 1.165) is 49.8 Å². The summed E-state index contributed by atoms with van der Waals surface area (Å²) in [6.45, 7) is 7.87. The third-order valence-corrected chi connectivity index (χ3v) is 5.26. The number of para-hydroxylation sites is 1. The molecular formula is C22H34IN5O. The maximum Gasteiger partial charge on any atom is 0.193 e. The van der Waals surface area contributed by atoms with Crippen molar-refractivity contribution in [3.05, 3.63) is 47.8 Å². The lowest BCUT2D eigenvalue weighted by molar-refractivity contribution is 0.286. The highest BCUT2D eigenvalue weighted by molar-refractivity contribution is 14.0. The average molecular weight is 511 g/mol. The number of aromatic nitrogens is 2. The molecule has 0 spiro atoms. The Balaban J connectivity index is 0.00000300. The van der Waals surface area contributed by atoms with Crippen LogP contribution in [0.15, 0.2) is 41.7 Å². The van der Waals surface area contributed by atoms with E-state index < -0.39 is 0 Å². The molecule has 1 N–H and O–H groups in total. The Morgan fingerprint density at radius 2 is 2.14 bits per heavy atom. The van der Waals surface area contributed by atoms with E-state index in [1.54, 1.807) is 0 Å². The summed E-state index contributed by atoms with van der Waals surface area (Å²) in [5.41, 5.74) is 2.47. The Bertz CT molecular complexity index is 789. The number of benzene rings is 1. The molecule has 0 aliphatic carbocycles. The second-order valence-electron chi connectivity index (χ2n) is 7.92. The second kappa shape index (κ2) is 11.4. The van der Waals surface area contributed by atoms with Crippen LogP contribution in [0.1, 0.15) is 43.7 Å². The highest BCUT2D eigenvalue weighted by atomic mass is 127. The molecule has 1 atom stereocenters. The van der Waals surface area contributed by atoms with Gasteiger partial charge >= 0.3 is 0 Å². The SMILES string of the molecule is CN=C(NCc1ccccc1OCCC(C)C)N1CCC(c2cnn(C)c2)C1.I. The zero-order valence-corrected chi connectivity index (χ0v) is 20.3. The number of aliphatic imine (C=N–C) groups is 1. The van der Waals surface area contributed by atoms with Crippen LogP contribution in [0, 0.1) is 5.92 Å². The molecule has 0 bridgehead atoms. The fraction of sp³-hybridized carbons (Fsp3) is 0.545. The molecule has 2 aromatic rings. The van der Waals surface area contributed by atoms with Crippen molar-refractivity contribution in [2.45, 2.75) is 39.2 Å². The zero-order valence-electron chi connectivity index (χ0n) is 18.0. The van der Waals surface area contributed by atoms with Gasteiger partial charge in [-0.25, -0.2) is 0 Å². The van der Waals surface area contributed by atoms with Crippen molar-refractivity contribution in [2.24, 2.45) is 18.0 Å². The van der Waals surface area contributed by atoms with Gasteiger partial charge in [-0.15, -0.1) is 24.0 Å². The van der Waals surface area contributed by atoms with Crippen LogP contribution in [0.5, 0.6) is 5.75 Å². The number of nitrogens with one attached hydrogen (secondary N) is 1. The highest BCUT2D eigenvalue weighted by Crippen LogP contribution is 2.27. The van der Waals surface area contributed by atoms with Gasteiger partial charge in [0.25, 0.3) is 0 Å². The van der Waals surface area contributed by atoms with E-state index >= 15 is 0 Å². The molecule has 1 unspecified atom stereocenters. The van der Waals surface area contributed by atoms with Gasteiger partial charge in [0, 0.05) is 51.4 Å². The lowest BCUT2D eigenvalue weighted by Gasteiger charge is -2.22. The zero-order chi connectivity index (χ0) is 19.9. The lowest BCUT2D eigenvalue weighted by Crippen LogP contribution is -2.39. The van der Waals surface area contributed by atoms with Crippen molar-refractivity contribution < 1.29 is 4.74 Å². The minimum absolute atomic E-state index is 0. The summed E-state index contributed by atoms with van der Waals surface area (Å²) in [4.78, 5) is 6.84. The molecule has 1 aromatic heterocycles. The van der Waals surface area contributed by atoms with Crippen LogP contribution in [0.4, 0.5) is 0 Å². The first-order chi connectivity index (χ1) is 13.6. The number of rotatable bonds is 7. The molecule has 1 aliphatic rings. The van der Waals surface area contributed by atoms with Gasteiger partial charge in [0.1, 0.15) is 5.75 Å². The number of hydrogen-bond donors (Lipinski definition) is 1. The van der Waals surface area contributed by atoms with Gasteiger partial charge in [-0.2, -0.15) is 5.10 Å². The topological polar surface area (TPSA) is 54.7 Å². The van der Waals surface area contributed by atoms with E-state index in [4.69, 9.17) is 4.74 Å². The Morgan fingerprint density at radius 3 is 2.83 bits per heavy atom. The summed E-state index contributed by atoms with van der Waals surface area (Å²) >= 11 is 0. The first-order valence-corrected chi connectivity index (χ1v) is 10.2. The van der Waals surface area contributed by atoms with E-state index in [1.165, 1.54) is 5.56 Å². The summed E-state index contributed by atoms with van der Waals surface area (Å²) in [6.07, 6.45) is 6.29. The van der Waals surface area contributed by atoms with Crippen molar-refractivity contribution in [1.82, 2.24) is 20.0 Å². The monoisotopic (exact) mass is 511 g/mol. The molecule has 0 radical (unpaired) electrons. The van der Waals surface area contributed by atoms with Gasteiger partial charge in [-0.1, -0.05) is 32.0 Å². The minimum Gasteiger partial charge on any atom is -0.493 e. The van der Waals surface area contributed by atoms with Crippen LogP contribution >= 0.6 is 24.0 Å². The summed E-state index contributed by atoms with van der Waals surface area (Å²) in [6, 6.07) is 8.26. The van der Waals surface area contributed by atoms with Crippen LogP contribution in [-0.4, -0.2) is 47.4 Å². The lowest BCUT2D eigenvalue weighted by atomic mass is 10.0. The average Bonchev–Trinajstić information content (AvgIpc) is 3.32. The summed E-state index contributed by atoms with van der Waals surface area (Å²) < 4.78 is 7.89. The number of nitrogens with zero attached hydrogens (tertiary/aromatic N) is 4. The normalized spacial score (nSPS) is 16.8. The Hall–Kier alpha value is -1.77. The molecule has 0 amide bonds. The Kier molecular flexibility index (Phi) is 9.26. The van der Waals surface area contributed by atoms with E-state index in [1.807, 2.05) is 37.1 Å². The third kappa shape index (κ3) is 6.62. The van der Waals surface area contributed by atoms with Crippen LogP contribution in [0.2, 0.25) is 0 Å². The third-order valence-electron chi connectivity index (χ3n) is 5.26. The number of ether oxygens (including phenoxy) is 1. The Labute approximate surface area is 191 Å². The summed E-state index contributed by atoms with van der Waals surface area (Å²) in [5, 5.41) is 7.83. The molecular weight excluding hydrogens is 477 g/mol. The van der Waals surface area contributed by atoms with Crippen LogP contribution in [0.25, 0.3) is 0 Å². The van der Waals surface area contributed by atoms with Gasteiger partial charge < -0.3 is 15.0 Å². The maximum atomic E-state index is 6.01. The van der Waals surface area contributed by atoms with E-state index in [2.05, 4.69) is 52.5 Å². The number of hydrogen-bond acceptors (Lipinski definition) is 3. The molecule has 3 rings (SSSR count). The quantitative estimate of drug-likeness (QED) is 0.347. The number of likely N-dealkylation sites (tertiary alicyclic amines) is 1. The highest BCUT2D eigenvalue weighted by Gasteiger charge is 2.26. The molecule has 0 saturated carbocycles. The number of guanidine groups is 1. The number of halogens is 1. The van der Waals surface area contributed by atoms with Crippen molar-refractivity contribution in [1.29, 1.82) is 0 Å². The van der Waals surface area contributed by atoms with Gasteiger partial charge in [0.05, 0.1) is 12.8 Å². The molecule has 6 nitrogen and oxygen atoms in total. The van der Waals surface area contributed by atoms with Crippen molar-refractivity contribution in [3.63, 3.8) is 0 Å². The molecule has 7 heteroatoms. The molecule has 1 fully saturated rings. The fourth-order valence-corrected chi connectivity index (χ4v) is 3.58. The predicted molar refractivity (Wildman–Crippen MR) is 129 cm³/mol. The minimum atomic E-state index is 0. The predicted octanol–water partition coefficient (Wildman–Crippen LogP) is 4.03. The molecule has 1 saturated heterocycles. The summed E-state index contributed by atoms with van der Waals surface area (Å²) in [7, 11) is 3.82. The number of aryl methyl sites for hydroxylation is 1. The van der Waals surface area contributed by atoms with E-state index in [-0.39, 0.29) is 24.0 Å². The fourth-order valence-electron chi connectivity index (χ4n) is 3.58. The molecule has 160 valence electrons. The van der Waals surface area contributed by atoms with Crippen LogP contribution in [-0.2, 0) is 13.6 Å². The largest absolute Gasteiger partial charge is 0.493 e. The summed E-state index contributed by atoms with van der Waals surface area (Å²) in [5.74, 6) is 3.06. The van der Waals surface area contributed by atoms with Gasteiger partial charge in [-0.05, 0) is 30.4 Å². The van der Waals surface area contributed by atoms with Crippen LogP contribution in [0.3, 0.4) is 0 Å².